The van der Waals surface area contributed by atoms with Crippen molar-refractivity contribution >= 4 is 75.1 Å². The Morgan fingerprint density at radius 1 is 1.29 bits per heavy atom. The van der Waals surface area contributed by atoms with Gasteiger partial charge in [-0.2, -0.15) is 0 Å². The minimum atomic E-state index is -4.64. The average molecular weight is 163 g/mol. The molecule has 37 valence electrons. The van der Waals surface area contributed by atoms with Crippen molar-refractivity contribution in [3.05, 3.63) is 0 Å². The molecule has 7 heavy (non-hydrogen) atoms. The van der Waals surface area contributed by atoms with Crippen LogP contribution in [0.5, 0.6) is 0 Å². The van der Waals surface area contributed by atoms with Crippen molar-refractivity contribution in [2.75, 3.05) is 0 Å². The largest absolute Gasteiger partial charge is 2.00 e. The van der Waals surface area contributed by atoms with E-state index in [1.54, 1.807) is 0 Å². The van der Waals surface area contributed by atoms with E-state index in [4.69, 9.17) is 19.2 Å². The molecule has 0 rings (SSSR count). The third-order valence-corrected chi connectivity index (χ3v) is 0. The molecular formula is H5CaNaO4P. The maximum atomic E-state index is 8.88. The topological polar surface area (TPSA) is 77.8 Å². The second-order valence-electron chi connectivity index (χ2n) is 0.513. The molecule has 3 N–H and O–H groups in total. The van der Waals surface area contributed by atoms with Gasteiger partial charge >= 0.3 is 45.6 Å². The molecule has 0 aromatic carbocycles. The zero-order valence-corrected chi connectivity index (χ0v) is 9.01. The fourth-order valence-electron chi connectivity index (χ4n) is 0. The summed E-state index contributed by atoms with van der Waals surface area (Å²) in [5.74, 6) is 0. The zero-order chi connectivity index (χ0) is 4.50. The normalized spacial score (nSPS) is 8.43. The molecule has 0 aromatic heterocycles. The van der Waals surface area contributed by atoms with Crippen molar-refractivity contribution < 1.29 is 22.1 Å². The van der Waals surface area contributed by atoms with E-state index in [1.807, 2.05) is 0 Å². The molecule has 0 bridgehead atoms. The van der Waals surface area contributed by atoms with Gasteiger partial charge in [-0.3, -0.25) is 0 Å². The summed E-state index contributed by atoms with van der Waals surface area (Å²) in [6, 6.07) is 0. The van der Waals surface area contributed by atoms with Gasteiger partial charge < -0.3 is 17.5 Å². The summed E-state index contributed by atoms with van der Waals surface area (Å²) in [5.41, 5.74) is 0. The minimum Gasteiger partial charge on any atom is -1.00 e. The van der Waals surface area contributed by atoms with E-state index < -0.39 is 7.82 Å². The van der Waals surface area contributed by atoms with E-state index in [2.05, 4.69) is 0 Å². The van der Waals surface area contributed by atoms with E-state index in [-0.39, 0.29) is 70.1 Å². The second kappa shape index (κ2) is 6.49. The van der Waals surface area contributed by atoms with Crippen LogP contribution >= 0.6 is 7.82 Å². The van der Waals surface area contributed by atoms with Crippen molar-refractivity contribution in [2.24, 2.45) is 0 Å². The van der Waals surface area contributed by atoms with Crippen LogP contribution in [-0.2, 0) is 4.57 Å². The summed E-state index contributed by atoms with van der Waals surface area (Å²) in [6.07, 6.45) is 0. The van der Waals surface area contributed by atoms with Gasteiger partial charge in [-0.15, -0.1) is 0 Å². The van der Waals surface area contributed by atoms with Gasteiger partial charge in [-0.1, -0.05) is 0 Å². The second-order valence-corrected chi connectivity index (χ2v) is 1.54. The molecular weight excluding hydrogens is 158 g/mol. The average Bonchev–Trinajstić information content (AvgIpc) is 0.722. The molecule has 0 atom stereocenters. The Hall–Kier alpha value is 2.37. The molecule has 0 aromatic rings. The summed E-state index contributed by atoms with van der Waals surface area (Å²) >= 11 is 0. The standard InChI is InChI=1S/Ca.Na.H3O4P.2H/c;;1-5(2,3)4;;/h;;(H3,1,2,3,4);;/q+2;;;2*-1. The van der Waals surface area contributed by atoms with Crippen LogP contribution in [-0.4, -0.2) is 82.0 Å². The smallest absolute Gasteiger partial charge is 1.00 e. The predicted molar refractivity (Wildman–Crippen MR) is 28.0 cm³/mol. The number of phosphoric acid groups is 1. The molecule has 0 saturated heterocycles. The third kappa shape index (κ3) is 60.5. The zero-order valence-electron chi connectivity index (χ0n) is 5.90. The molecule has 0 aliphatic rings. The van der Waals surface area contributed by atoms with Crippen molar-refractivity contribution in [3.8, 4) is 0 Å². The number of rotatable bonds is 0. The van der Waals surface area contributed by atoms with Crippen LogP contribution in [0.4, 0.5) is 0 Å². The summed E-state index contributed by atoms with van der Waals surface area (Å²) in [5, 5.41) is 0. The Morgan fingerprint density at radius 3 is 1.29 bits per heavy atom. The van der Waals surface area contributed by atoms with E-state index in [0.29, 0.717) is 0 Å². The summed E-state index contributed by atoms with van der Waals surface area (Å²) < 4.78 is 8.88. The van der Waals surface area contributed by atoms with E-state index >= 15 is 0 Å². The minimum absolute atomic E-state index is 0. The summed E-state index contributed by atoms with van der Waals surface area (Å²) in [7, 11) is -4.64. The Kier molecular flexibility index (Phi) is 15.0. The Morgan fingerprint density at radius 2 is 1.29 bits per heavy atom. The van der Waals surface area contributed by atoms with Crippen LogP contribution in [0.15, 0.2) is 0 Å². The monoisotopic (exact) mass is 163 g/mol. The SMILES string of the molecule is O=P(O)(O)O.[Ca+2].[H-].[H-].[Na]. The van der Waals surface area contributed by atoms with Crippen molar-refractivity contribution in [1.82, 2.24) is 0 Å². The van der Waals surface area contributed by atoms with Crippen LogP contribution < -0.4 is 0 Å². The van der Waals surface area contributed by atoms with Gasteiger partial charge in [0.05, 0.1) is 0 Å². The van der Waals surface area contributed by atoms with Crippen molar-refractivity contribution in [1.29, 1.82) is 0 Å². The molecule has 0 aliphatic carbocycles. The summed E-state index contributed by atoms with van der Waals surface area (Å²) in [4.78, 5) is 21.6. The summed E-state index contributed by atoms with van der Waals surface area (Å²) in [6.45, 7) is 0. The third-order valence-electron chi connectivity index (χ3n) is 0. The first-order chi connectivity index (χ1) is 2.00. The van der Waals surface area contributed by atoms with Gasteiger partial charge in [0.2, 0.25) is 0 Å². The maximum absolute atomic E-state index is 8.88. The quantitative estimate of drug-likeness (QED) is 0.301. The van der Waals surface area contributed by atoms with Crippen LogP contribution in [0.25, 0.3) is 0 Å². The molecule has 7 heteroatoms. The van der Waals surface area contributed by atoms with Gasteiger partial charge in [0.15, 0.2) is 0 Å². The van der Waals surface area contributed by atoms with Gasteiger partial charge in [-0.05, 0) is 0 Å². The molecule has 4 nitrogen and oxygen atoms in total. The first kappa shape index (κ1) is 16.2. The molecule has 0 aliphatic heterocycles. The van der Waals surface area contributed by atoms with Gasteiger partial charge in [-0.25, -0.2) is 4.57 Å². The first-order valence-corrected chi connectivity index (χ1v) is 2.35. The van der Waals surface area contributed by atoms with Crippen molar-refractivity contribution in [3.63, 3.8) is 0 Å². The number of hydrogen-bond acceptors (Lipinski definition) is 1. The van der Waals surface area contributed by atoms with E-state index in [0.717, 1.165) is 0 Å². The molecule has 1 radical (unpaired) electrons. The fraction of sp³-hybridized carbons (Fsp3) is 0. The van der Waals surface area contributed by atoms with Crippen LogP contribution in [0, 0.1) is 0 Å². The van der Waals surface area contributed by atoms with E-state index in [9.17, 15) is 0 Å². The van der Waals surface area contributed by atoms with Gasteiger partial charge in [0.25, 0.3) is 0 Å². The molecule has 0 spiro atoms. The van der Waals surface area contributed by atoms with Crippen molar-refractivity contribution in [2.45, 2.75) is 0 Å². The molecule has 0 heterocycles. The number of hydrogen-bond donors (Lipinski definition) is 3. The molecule has 0 unspecified atom stereocenters. The fourth-order valence-corrected chi connectivity index (χ4v) is 0. The Bertz CT molecular complexity index is 64.7. The van der Waals surface area contributed by atoms with E-state index in [1.165, 1.54) is 0 Å². The van der Waals surface area contributed by atoms with Gasteiger partial charge in [0.1, 0.15) is 0 Å². The van der Waals surface area contributed by atoms with Gasteiger partial charge in [0, 0.05) is 29.6 Å². The maximum Gasteiger partial charge on any atom is 2.00 e. The van der Waals surface area contributed by atoms with Crippen LogP contribution in [0.2, 0.25) is 0 Å². The van der Waals surface area contributed by atoms with Crippen LogP contribution in [0.3, 0.4) is 0 Å². The Balaban J connectivity index is -0.0000000133. The predicted octanol–water partition coefficient (Wildman–Crippen LogP) is -1.47. The molecule has 0 fully saturated rings. The van der Waals surface area contributed by atoms with Crippen LogP contribution in [0.1, 0.15) is 2.85 Å². The Labute approximate surface area is 95.8 Å². The molecule has 0 amide bonds. The first-order valence-electron chi connectivity index (χ1n) is 0.783. The molecule has 0 saturated carbocycles.